The third-order valence-corrected chi connectivity index (χ3v) is 5.32. The molecule has 1 amide bonds. The van der Waals surface area contributed by atoms with Gasteiger partial charge in [0.05, 0.1) is 0 Å². The molecule has 0 N–H and O–H groups in total. The lowest BCUT2D eigenvalue weighted by Crippen LogP contribution is -2.33. The topological polar surface area (TPSA) is 26.8 Å². The van der Waals surface area contributed by atoms with Crippen molar-refractivity contribution in [2.45, 2.75) is 45.7 Å². The summed E-state index contributed by atoms with van der Waals surface area (Å²) in [6.07, 6.45) is 5.17. The molecule has 132 valence electrons. The first kappa shape index (κ1) is 17.4. The van der Waals surface area contributed by atoms with Gasteiger partial charge in [-0.2, -0.15) is 0 Å². The lowest BCUT2D eigenvalue weighted by atomic mass is 10.1. The van der Waals surface area contributed by atoms with Crippen LogP contribution >= 0.6 is 0 Å². The predicted molar refractivity (Wildman–Crippen MR) is 97.7 cm³/mol. The molecule has 0 spiro atoms. The Morgan fingerprint density at radius 3 is 1.88 bits per heavy atom. The molecule has 4 nitrogen and oxygen atoms in total. The van der Waals surface area contributed by atoms with Gasteiger partial charge in [-0.15, -0.1) is 0 Å². The summed E-state index contributed by atoms with van der Waals surface area (Å²) in [5, 5.41) is 0. The Kier molecular flexibility index (Phi) is 6.27. The number of amides is 1. The summed E-state index contributed by atoms with van der Waals surface area (Å²) in [5.74, 6) is 0.207. The number of rotatable bonds is 4. The molecular formula is C20H31N3O. The molecule has 0 unspecified atom stereocenters. The smallest absolute Gasteiger partial charge is 0.219 e. The number of hydrogen-bond donors (Lipinski definition) is 0. The Hall–Kier alpha value is -1.39. The fourth-order valence-corrected chi connectivity index (χ4v) is 3.83. The van der Waals surface area contributed by atoms with Crippen molar-refractivity contribution in [1.82, 2.24) is 14.7 Å². The van der Waals surface area contributed by atoms with Gasteiger partial charge in [0.15, 0.2) is 0 Å². The Bertz CT molecular complexity index is 522. The SMILES string of the molecule is CC(=O)N1CCCN(Cc2ccc(CN3CCCCC3)cc2)CC1. The average Bonchev–Trinajstić information content (AvgIpc) is 2.83. The van der Waals surface area contributed by atoms with Gasteiger partial charge < -0.3 is 4.90 Å². The maximum absolute atomic E-state index is 11.5. The predicted octanol–water partition coefficient (Wildman–Crippen LogP) is 2.73. The van der Waals surface area contributed by atoms with Crippen LogP contribution in [0.15, 0.2) is 24.3 Å². The molecule has 0 saturated carbocycles. The molecule has 1 aromatic rings. The number of hydrogen-bond acceptors (Lipinski definition) is 3. The largest absolute Gasteiger partial charge is 0.342 e. The molecule has 0 aromatic heterocycles. The van der Waals surface area contributed by atoms with E-state index in [0.717, 1.165) is 45.7 Å². The maximum atomic E-state index is 11.5. The minimum absolute atomic E-state index is 0.207. The summed E-state index contributed by atoms with van der Waals surface area (Å²) < 4.78 is 0. The average molecular weight is 329 g/mol. The van der Waals surface area contributed by atoms with Gasteiger partial charge in [0.1, 0.15) is 0 Å². The summed E-state index contributed by atoms with van der Waals surface area (Å²) in [6.45, 7) is 10.1. The van der Waals surface area contributed by atoms with Gasteiger partial charge in [-0.1, -0.05) is 30.7 Å². The minimum atomic E-state index is 0.207. The Morgan fingerprint density at radius 2 is 1.29 bits per heavy atom. The molecule has 2 aliphatic rings. The van der Waals surface area contributed by atoms with Crippen LogP contribution in [0.4, 0.5) is 0 Å². The van der Waals surface area contributed by atoms with E-state index in [1.807, 2.05) is 4.90 Å². The molecule has 0 aliphatic carbocycles. The van der Waals surface area contributed by atoms with Crippen LogP contribution in [0.25, 0.3) is 0 Å². The second-order valence-electron chi connectivity index (χ2n) is 7.29. The van der Waals surface area contributed by atoms with E-state index in [0.29, 0.717) is 0 Å². The molecule has 2 saturated heterocycles. The van der Waals surface area contributed by atoms with Crippen molar-refractivity contribution in [2.24, 2.45) is 0 Å². The van der Waals surface area contributed by atoms with Crippen LogP contribution in [0.1, 0.15) is 43.7 Å². The minimum Gasteiger partial charge on any atom is -0.342 e. The van der Waals surface area contributed by atoms with Crippen molar-refractivity contribution in [1.29, 1.82) is 0 Å². The molecule has 0 atom stereocenters. The Labute approximate surface area is 146 Å². The summed E-state index contributed by atoms with van der Waals surface area (Å²) >= 11 is 0. The van der Waals surface area contributed by atoms with E-state index in [-0.39, 0.29) is 5.91 Å². The van der Waals surface area contributed by atoms with Gasteiger partial charge in [0.25, 0.3) is 0 Å². The first-order chi connectivity index (χ1) is 11.7. The lowest BCUT2D eigenvalue weighted by Gasteiger charge is -2.26. The zero-order chi connectivity index (χ0) is 16.8. The van der Waals surface area contributed by atoms with Crippen molar-refractivity contribution in [3.8, 4) is 0 Å². The van der Waals surface area contributed by atoms with Gasteiger partial charge in [-0.05, 0) is 43.5 Å². The first-order valence-electron chi connectivity index (χ1n) is 9.49. The highest BCUT2D eigenvalue weighted by molar-refractivity contribution is 5.73. The summed E-state index contributed by atoms with van der Waals surface area (Å²) in [7, 11) is 0. The van der Waals surface area contributed by atoms with E-state index in [1.165, 1.54) is 43.5 Å². The first-order valence-corrected chi connectivity index (χ1v) is 9.49. The van der Waals surface area contributed by atoms with Gasteiger partial charge in [0.2, 0.25) is 5.91 Å². The fraction of sp³-hybridized carbons (Fsp3) is 0.650. The van der Waals surface area contributed by atoms with E-state index in [4.69, 9.17) is 0 Å². The van der Waals surface area contributed by atoms with Crippen molar-refractivity contribution < 1.29 is 4.79 Å². The Balaban J connectivity index is 1.49. The number of benzene rings is 1. The van der Waals surface area contributed by atoms with E-state index in [1.54, 1.807) is 6.92 Å². The van der Waals surface area contributed by atoms with Gasteiger partial charge in [-0.3, -0.25) is 14.6 Å². The van der Waals surface area contributed by atoms with Crippen LogP contribution in [0, 0.1) is 0 Å². The highest BCUT2D eigenvalue weighted by Crippen LogP contribution is 2.15. The van der Waals surface area contributed by atoms with Crippen LogP contribution in [-0.2, 0) is 17.9 Å². The molecule has 24 heavy (non-hydrogen) atoms. The van der Waals surface area contributed by atoms with Gasteiger partial charge in [0, 0.05) is 46.2 Å². The van der Waals surface area contributed by atoms with Crippen molar-refractivity contribution in [3.05, 3.63) is 35.4 Å². The van der Waals surface area contributed by atoms with Crippen LogP contribution < -0.4 is 0 Å². The second-order valence-corrected chi connectivity index (χ2v) is 7.29. The summed E-state index contributed by atoms with van der Waals surface area (Å²) in [4.78, 5) is 18.5. The maximum Gasteiger partial charge on any atom is 0.219 e. The number of carbonyl (C=O) groups is 1. The Morgan fingerprint density at radius 1 is 0.750 bits per heavy atom. The van der Waals surface area contributed by atoms with Crippen LogP contribution in [0.3, 0.4) is 0 Å². The molecular weight excluding hydrogens is 298 g/mol. The monoisotopic (exact) mass is 329 g/mol. The number of likely N-dealkylation sites (tertiary alicyclic amines) is 1. The highest BCUT2D eigenvalue weighted by atomic mass is 16.2. The van der Waals surface area contributed by atoms with E-state index in [9.17, 15) is 4.79 Å². The van der Waals surface area contributed by atoms with E-state index >= 15 is 0 Å². The normalized spacial score (nSPS) is 20.8. The third kappa shape index (κ3) is 5.05. The van der Waals surface area contributed by atoms with Crippen LogP contribution in [0.5, 0.6) is 0 Å². The number of carbonyl (C=O) groups excluding carboxylic acids is 1. The summed E-state index contributed by atoms with van der Waals surface area (Å²) in [6, 6.07) is 9.16. The molecule has 2 aliphatic heterocycles. The number of nitrogens with zero attached hydrogens (tertiary/aromatic N) is 3. The molecule has 1 aromatic carbocycles. The zero-order valence-corrected chi connectivity index (χ0v) is 15.0. The fourth-order valence-electron chi connectivity index (χ4n) is 3.83. The van der Waals surface area contributed by atoms with Gasteiger partial charge in [-0.25, -0.2) is 0 Å². The zero-order valence-electron chi connectivity index (χ0n) is 15.0. The third-order valence-electron chi connectivity index (χ3n) is 5.32. The van der Waals surface area contributed by atoms with E-state index < -0.39 is 0 Å². The van der Waals surface area contributed by atoms with Crippen molar-refractivity contribution >= 4 is 5.91 Å². The second kappa shape index (κ2) is 8.63. The molecule has 0 bridgehead atoms. The quantitative estimate of drug-likeness (QED) is 0.850. The van der Waals surface area contributed by atoms with Gasteiger partial charge >= 0.3 is 0 Å². The van der Waals surface area contributed by atoms with Crippen LogP contribution in [-0.4, -0.2) is 59.9 Å². The van der Waals surface area contributed by atoms with E-state index in [2.05, 4.69) is 34.1 Å². The highest BCUT2D eigenvalue weighted by Gasteiger charge is 2.16. The number of piperidine rings is 1. The molecule has 4 heteroatoms. The lowest BCUT2D eigenvalue weighted by molar-refractivity contribution is -0.128. The van der Waals surface area contributed by atoms with Crippen molar-refractivity contribution in [3.63, 3.8) is 0 Å². The molecule has 2 heterocycles. The van der Waals surface area contributed by atoms with Crippen molar-refractivity contribution in [2.75, 3.05) is 39.3 Å². The molecule has 0 radical (unpaired) electrons. The summed E-state index contributed by atoms with van der Waals surface area (Å²) in [5.41, 5.74) is 2.81. The molecule has 2 fully saturated rings. The van der Waals surface area contributed by atoms with Crippen LogP contribution in [0.2, 0.25) is 0 Å². The molecule has 3 rings (SSSR count). The standard InChI is InChI=1S/C20H31N3O/c1-18(24)23-13-5-12-22(14-15-23)17-20-8-6-19(7-9-20)16-21-10-3-2-4-11-21/h6-9H,2-5,10-17H2,1H3.